The number of rotatable bonds is 0. The van der Waals surface area contributed by atoms with E-state index in [1.54, 1.807) is 0 Å². The minimum Gasteiger partial charge on any atom is -0.301 e. The number of nitrogens with one attached hydrogen (secondary N) is 1. The van der Waals surface area contributed by atoms with Gasteiger partial charge in [-0.05, 0) is 12.8 Å². The maximum absolute atomic E-state index is 11.4. The van der Waals surface area contributed by atoms with Crippen molar-refractivity contribution >= 4 is 17.7 Å². The molecular weight excluding hydrogens is 152 g/mol. The smallest absolute Gasteiger partial charge is 0.202 e. The van der Waals surface area contributed by atoms with Crippen LogP contribution in [0.4, 0.5) is 0 Å². The van der Waals surface area contributed by atoms with Crippen molar-refractivity contribution < 1.29 is 4.79 Å². The van der Waals surface area contributed by atoms with E-state index in [4.69, 9.17) is 5.41 Å². The van der Waals surface area contributed by atoms with Gasteiger partial charge in [-0.1, -0.05) is 6.08 Å². The second-order valence-corrected chi connectivity index (χ2v) is 3.13. The van der Waals surface area contributed by atoms with Crippen molar-refractivity contribution in [3.05, 3.63) is 11.6 Å². The van der Waals surface area contributed by atoms with Gasteiger partial charge in [0.05, 0.1) is 12.3 Å². The van der Waals surface area contributed by atoms with E-state index < -0.39 is 0 Å². The number of fused-ring (bicyclic) bond motifs is 1. The molecule has 1 atom stereocenters. The maximum atomic E-state index is 11.4. The van der Waals surface area contributed by atoms with Gasteiger partial charge in [-0.25, -0.2) is 0 Å². The maximum Gasteiger partial charge on any atom is 0.202 e. The second kappa shape index (κ2) is 2.66. The summed E-state index contributed by atoms with van der Waals surface area (Å²) in [5.41, 5.74) is 1.05. The highest BCUT2D eigenvalue weighted by atomic mass is 16.1. The molecule has 0 bridgehead atoms. The van der Waals surface area contributed by atoms with Crippen LogP contribution in [0.15, 0.2) is 16.6 Å². The van der Waals surface area contributed by atoms with E-state index in [0.717, 1.165) is 12.0 Å². The third-order valence-electron chi connectivity index (χ3n) is 2.34. The van der Waals surface area contributed by atoms with Gasteiger partial charge in [-0.3, -0.25) is 9.79 Å². The van der Waals surface area contributed by atoms with Crippen molar-refractivity contribution in [3.8, 4) is 0 Å². The molecule has 3 nitrogen and oxygen atoms in total. The lowest BCUT2D eigenvalue weighted by molar-refractivity contribution is -0.110. The molecule has 0 saturated heterocycles. The summed E-state index contributed by atoms with van der Waals surface area (Å²) in [4.78, 5) is 15.5. The van der Waals surface area contributed by atoms with Gasteiger partial charge in [-0.15, -0.1) is 0 Å². The van der Waals surface area contributed by atoms with Crippen molar-refractivity contribution in [1.82, 2.24) is 0 Å². The lowest BCUT2D eigenvalue weighted by atomic mass is 9.82. The van der Waals surface area contributed by atoms with Gasteiger partial charge in [0.2, 0.25) is 5.78 Å². The average molecular weight is 162 g/mol. The van der Waals surface area contributed by atoms with Crippen LogP contribution in [-0.4, -0.2) is 24.3 Å². The molecule has 0 radical (unpaired) electrons. The summed E-state index contributed by atoms with van der Waals surface area (Å²) in [6, 6.07) is 0. The zero-order valence-corrected chi connectivity index (χ0v) is 6.71. The van der Waals surface area contributed by atoms with Crippen LogP contribution in [0.2, 0.25) is 0 Å². The van der Waals surface area contributed by atoms with Gasteiger partial charge in [0.25, 0.3) is 0 Å². The Balaban J connectivity index is 2.31. The highest BCUT2D eigenvalue weighted by Gasteiger charge is 2.28. The molecule has 0 aromatic carbocycles. The second-order valence-electron chi connectivity index (χ2n) is 3.13. The first kappa shape index (κ1) is 7.40. The first-order valence-corrected chi connectivity index (χ1v) is 4.11. The quantitative estimate of drug-likeness (QED) is 0.567. The predicted molar refractivity (Wildman–Crippen MR) is 46.9 cm³/mol. The van der Waals surface area contributed by atoms with Crippen molar-refractivity contribution in [2.75, 3.05) is 6.54 Å². The normalized spacial score (nSPS) is 28.3. The van der Waals surface area contributed by atoms with Crippen LogP contribution in [-0.2, 0) is 4.79 Å². The van der Waals surface area contributed by atoms with Crippen LogP contribution in [0.1, 0.15) is 12.8 Å². The lowest BCUT2D eigenvalue weighted by Gasteiger charge is -2.23. The monoisotopic (exact) mass is 162 g/mol. The molecule has 1 aliphatic heterocycles. The largest absolute Gasteiger partial charge is 0.301 e. The van der Waals surface area contributed by atoms with Gasteiger partial charge in [-0.2, -0.15) is 0 Å². The lowest BCUT2D eigenvalue weighted by Crippen LogP contribution is -2.29. The molecule has 0 amide bonds. The SMILES string of the molecule is N=C1CCC2C=NCC=C2C1=O. The number of Topliss-reactive ketones (excluding diaryl/α,β-unsaturated/α-hetero) is 1. The molecule has 1 aliphatic carbocycles. The number of allylic oxidation sites excluding steroid dienone is 1. The van der Waals surface area contributed by atoms with Crippen molar-refractivity contribution in [2.24, 2.45) is 10.9 Å². The van der Waals surface area contributed by atoms with Gasteiger partial charge in [0, 0.05) is 17.7 Å². The summed E-state index contributed by atoms with van der Waals surface area (Å²) in [6.07, 6.45) is 5.17. The molecule has 1 fully saturated rings. The van der Waals surface area contributed by atoms with Gasteiger partial charge >= 0.3 is 0 Å². The summed E-state index contributed by atoms with van der Waals surface area (Å²) < 4.78 is 0. The molecule has 12 heavy (non-hydrogen) atoms. The highest BCUT2D eigenvalue weighted by molar-refractivity contribution is 6.46. The van der Waals surface area contributed by atoms with Gasteiger partial charge < -0.3 is 5.41 Å². The van der Waals surface area contributed by atoms with Crippen LogP contribution >= 0.6 is 0 Å². The number of hydrogen-bond donors (Lipinski definition) is 1. The topological polar surface area (TPSA) is 53.3 Å². The summed E-state index contributed by atoms with van der Waals surface area (Å²) in [5, 5.41) is 7.38. The van der Waals surface area contributed by atoms with Crippen molar-refractivity contribution in [3.63, 3.8) is 0 Å². The fourth-order valence-electron chi connectivity index (χ4n) is 1.65. The predicted octanol–water partition coefficient (Wildman–Crippen LogP) is 0.996. The number of hydrogen-bond acceptors (Lipinski definition) is 3. The average Bonchev–Trinajstić information content (AvgIpc) is 2.12. The minimum atomic E-state index is -0.0719. The highest BCUT2D eigenvalue weighted by Crippen LogP contribution is 2.25. The summed E-state index contributed by atoms with van der Waals surface area (Å²) in [7, 11) is 0. The Morgan fingerprint density at radius 2 is 2.42 bits per heavy atom. The Kier molecular flexibility index (Phi) is 1.64. The Morgan fingerprint density at radius 3 is 3.25 bits per heavy atom. The summed E-state index contributed by atoms with van der Waals surface area (Å²) in [5.74, 6) is 0.123. The molecule has 1 N–H and O–H groups in total. The molecule has 1 unspecified atom stereocenters. The standard InChI is InChI=1S/C9H10N2O/c10-8-2-1-6-5-11-4-3-7(6)9(8)12/h3,5-6,10H,1-2,4H2. The van der Waals surface area contributed by atoms with Crippen LogP contribution in [0.3, 0.4) is 0 Å². The van der Waals surface area contributed by atoms with E-state index in [1.807, 2.05) is 12.3 Å². The van der Waals surface area contributed by atoms with E-state index in [1.165, 1.54) is 0 Å². The molecule has 1 heterocycles. The van der Waals surface area contributed by atoms with Gasteiger partial charge in [0.1, 0.15) is 0 Å². The first-order valence-electron chi connectivity index (χ1n) is 4.11. The minimum absolute atomic E-state index is 0.0719. The van der Waals surface area contributed by atoms with Crippen LogP contribution in [0.5, 0.6) is 0 Å². The first-order chi connectivity index (χ1) is 5.79. The van der Waals surface area contributed by atoms with E-state index in [2.05, 4.69) is 4.99 Å². The van der Waals surface area contributed by atoms with Crippen LogP contribution in [0, 0.1) is 11.3 Å². The fraction of sp³-hybridized carbons (Fsp3) is 0.444. The molecule has 2 rings (SSSR count). The number of aliphatic imine (C=N–C) groups is 1. The number of carbonyl (C=O) groups is 1. The molecule has 0 aromatic rings. The fourth-order valence-corrected chi connectivity index (χ4v) is 1.65. The van der Waals surface area contributed by atoms with E-state index in [9.17, 15) is 4.79 Å². The van der Waals surface area contributed by atoms with Crippen LogP contribution in [0.25, 0.3) is 0 Å². The molecule has 1 saturated carbocycles. The number of nitrogens with zero attached hydrogens (tertiary/aromatic N) is 1. The van der Waals surface area contributed by atoms with Crippen LogP contribution < -0.4 is 0 Å². The van der Waals surface area contributed by atoms with E-state index in [0.29, 0.717) is 13.0 Å². The van der Waals surface area contributed by atoms with E-state index >= 15 is 0 Å². The molecule has 3 heteroatoms. The number of dihydropyridines is 1. The summed E-state index contributed by atoms with van der Waals surface area (Å²) >= 11 is 0. The molecule has 62 valence electrons. The Hall–Kier alpha value is -1.25. The third-order valence-corrected chi connectivity index (χ3v) is 2.34. The molecule has 0 spiro atoms. The van der Waals surface area contributed by atoms with E-state index in [-0.39, 0.29) is 17.4 Å². The number of carbonyl (C=O) groups excluding carboxylic acids is 1. The third kappa shape index (κ3) is 1.02. The number of ketones is 1. The van der Waals surface area contributed by atoms with Crippen molar-refractivity contribution in [1.29, 1.82) is 5.41 Å². The molecular formula is C9H10N2O. The Bertz CT molecular complexity index is 302. The van der Waals surface area contributed by atoms with Crippen molar-refractivity contribution in [2.45, 2.75) is 12.8 Å². The van der Waals surface area contributed by atoms with Gasteiger partial charge in [0.15, 0.2) is 0 Å². The zero-order valence-electron chi connectivity index (χ0n) is 6.71. The molecule has 0 aromatic heterocycles. The molecule has 2 aliphatic rings. The zero-order chi connectivity index (χ0) is 8.55. The summed E-state index contributed by atoms with van der Waals surface area (Å²) in [6.45, 7) is 0.602. The Labute approximate surface area is 70.7 Å². The Morgan fingerprint density at radius 1 is 1.58 bits per heavy atom.